The van der Waals surface area contributed by atoms with Gasteiger partial charge in [0.05, 0.1) is 25.5 Å². The maximum Gasteiger partial charge on any atom is 0.333 e. The SMILES string of the molecule is CCCC[C@@H]1C=C(C(=O)OC)CC(N=[N+]=[N-])[C@@H]1OS(C)(=O)=O. The first kappa shape index (κ1) is 18.5. The molecular formula is C13H21N3O5S. The van der Waals surface area contributed by atoms with Gasteiger partial charge in [0.25, 0.3) is 10.1 Å². The van der Waals surface area contributed by atoms with E-state index in [0.29, 0.717) is 12.0 Å². The van der Waals surface area contributed by atoms with Crippen molar-refractivity contribution in [2.45, 2.75) is 44.8 Å². The first-order chi connectivity index (χ1) is 10.3. The second-order valence-corrected chi connectivity index (χ2v) is 6.83. The van der Waals surface area contributed by atoms with E-state index in [-0.39, 0.29) is 12.3 Å². The molecule has 0 aliphatic heterocycles. The minimum Gasteiger partial charge on any atom is -0.466 e. The summed E-state index contributed by atoms with van der Waals surface area (Å²) in [7, 11) is -2.44. The van der Waals surface area contributed by atoms with Crippen molar-refractivity contribution in [3.8, 4) is 0 Å². The highest BCUT2D eigenvalue weighted by atomic mass is 32.2. The van der Waals surface area contributed by atoms with Gasteiger partial charge in [-0.3, -0.25) is 4.18 Å². The van der Waals surface area contributed by atoms with E-state index in [1.165, 1.54) is 7.11 Å². The Balaban J connectivity index is 3.17. The average molecular weight is 331 g/mol. The minimum absolute atomic E-state index is 0.0968. The van der Waals surface area contributed by atoms with Gasteiger partial charge in [-0.05, 0) is 18.4 Å². The molecule has 0 saturated carbocycles. The summed E-state index contributed by atoms with van der Waals surface area (Å²) in [4.78, 5) is 14.5. The lowest BCUT2D eigenvalue weighted by molar-refractivity contribution is -0.136. The number of methoxy groups -OCH3 is 1. The molecule has 1 unspecified atom stereocenters. The predicted octanol–water partition coefficient (Wildman–Crippen LogP) is 2.32. The van der Waals surface area contributed by atoms with E-state index >= 15 is 0 Å². The second-order valence-electron chi connectivity index (χ2n) is 5.23. The van der Waals surface area contributed by atoms with Gasteiger partial charge in [0.15, 0.2) is 0 Å². The van der Waals surface area contributed by atoms with E-state index in [4.69, 9.17) is 14.5 Å². The van der Waals surface area contributed by atoms with Crippen LogP contribution in [0.1, 0.15) is 32.6 Å². The van der Waals surface area contributed by atoms with Crippen LogP contribution in [0.15, 0.2) is 16.8 Å². The van der Waals surface area contributed by atoms with Crippen molar-refractivity contribution in [2.75, 3.05) is 13.4 Å². The average Bonchev–Trinajstić information content (AvgIpc) is 2.45. The van der Waals surface area contributed by atoms with E-state index < -0.39 is 28.2 Å². The van der Waals surface area contributed by atoms with E-state index in [0.717, 1.165) is 19.1 Å². The van der Waals surface area contributed by atoms with Crippen molar-refractivity contribution < 1.29 is 22.1 Å². The number of azide groups is 1. The second kappa shape index (κ2) is 8.17. The Kier molecular flexibility index (Phi) is 6.86. The highest BCUT2D eigenvalue weighted by Gasteiger charge is 2.37. The van der Waals surface area contributed by atoms with Crippen LogP contribution in [-0.2, 0) is 23.8 Å². The normalized spacial score (nSPS) is 25.0. The Bertz CT molecular complexity index is 580. The van der Waals surface area contributed by atoms with Gasteiger partial charge in [-0.15, -0.1) is 0 Å². The highest BCUT2D eigenvalue weighted by molar-refractivity contribution is 7.86. The number of carbonyl (C=O) groups excluding carboxylic acids is 1. The molecule has 0 amide bonds. The summed E-state index contributed by atoms with van der Waals surface area (Å²) in [6.45, 7) is 2.01. The molecule has 0 saturated heterocycles. The van der Waals surface area contributed by atoms with Gasteiger partial charge in [0, 0.05) is 16.4 Å². The third kappa shape index (κ3) is 5.32. The van der Waals surface area contributed by atoms with Crippen molar-refractivity contribution in [1.29, 1.82) is 0 Å². The molecule has 22 heavy (non-hydrogen) atoms. The molecule has 1 rings (SSSR count). The maximum absolute atomic E-state index is 11.7. The molecule has 1 aliphatic carbocycles. The summed E-state index contributed by atoms with van der Waals surface area (Å²) < 4.78 is 32.8. The van der Waals surface area contributed by atoms with Gasteiger partial charge in [-0.2, -0.15) is 8.42 Å². The first-order valence-corrected chi connectivity index (χ1v) is 8.85. The lowest BCUT2D eigenvalue weighted by atomic mass is 9.82. The Labute approximate surface area is 130 Å². The zero-order valence-corrected chi connectivity index (χ0v) is 13.7. The van der Waals surface area contributed by atoms with Crippen molar-refractivity contribution in [3.05, 3.63) is 22.1 Å². The maximum atomic E-state index is 11.7. The van der Waals surface area contributed by atoms with Crippen molar-refractivity contribution in [1.82, 2.24) is 0 Å². The zero-order valence-electron chi connectivity index (χ0n) is 12.9. The molecule has 8 nitrogen and oxygen atoms in total. The van der Waals surface area contributed by atoms with Gasteiger partial charge < -0.3 is 4.74 Å². The van der Waals surface area contributed by atoms with Crippen LogP contribution in [0.5, 0.6) is 0 Å². The molecular weight excluding hydrogens is 310 g/mol. The van der Waals surface area contributed by atoms with Gasteiger partial charge >= 0.3 is 5.97 Å². The lowest BCUT2D eigenvalue weighted by Gasteiger charge is -2.33. The molecule has 0 radical (unpaired) electrons. The van der Waals surface area contributed by atoms with E-state index in [1.54, 1.807) is 6.08 Å². The van der Waals surface area contributed by atoms with Gasteiger partial charge in [0.2, 0.25) is 0 Å². The van der Waals surface area contributed by atoms with E-state index in [1.807, 2.05) is 6.92 Å². The van der Waals surface area contributed by atoms with E-state index in [2.05, 4.69) is 10.0 Å². The highest BCUT2D eigenvalue weighted by Crippen LogP contribution is 2.33. The zero-order chi connectivity index (χ0) is 16.8. The van der Waals surface area contributed by atoms with Crippen LogP contribution in [0.25, 0.3) is 10.4 Å². The number of hydrogen-bond donors (Lipinski definition) is 0. The van der Waals surface area contributed by atoms with Crippen LogP contribution < -0.4 is 0 Å². The topological polar surface area (TPSA) is 118 Å². The molecule has 9 heteroatoms. The Hall–Kier alpha value is -1.57. The molecule has 3 atom stereocenters. The molecule has 0 fully saturated rings. The van der Waals surface area contributed by atoms with Gasteiger partial charge in [0.1, 0.15) is 0 Å². The fourth-order valence-electron chi connectivity index (χ4n) is 2.53. The standard InChI is InChI=1S/C13H21N3O5S/c1-4-5-6-9-7-10(13(17)20-2)8-11(15-16-14)12(9)21-22(3,18)19/h7,9,11-12H,4-6,8H2,1-3H3/t9-,11?,12-/m1/s1. The molecule has 0 heterocycles. The number of hydrogen-bond acceptors (Lipinski definition) is 6. The summed E-state index contributed by atoms with van der Waals surface area (Å²) in [5.41, 5.74) is 9.08. The summed E-state index contributed by atoms with van der Waals surface area (Å²) >= 11 is 0. The van der Waals surface area contributed by atoms with Crippen molar-refractivity contribution >= 4 is 16.1 Å². The molecule has 0 bridgehead atoms. The largest absolute Gasteiger partial charge is 0.466 e. The minimum atomic E-state index is -3.70. The van der Waals surface area contributed by atoms with Crippen LogP contribution in [0.2, 0.25) is 0 Å². The fraction of sp³-hybridized carbons (Fsp3) is 0.769. The number of unbranched alkanes of at least 4 members (excludes halogenated alkanes) is 1. The Morgan fingerprint density at radius 1 is 1.55 bits per heavy atom. The van der Waals surface area contributed by atoms with Gasteiger partial charge in [-0.25, -0.2) is 4.79 Å². The molecule has 0 spiro atoms. The smallest absolute Gasteiger partial charge is 0.333 e. The molecule has 0 N–H and O–H groups in total. The Morgan fingerprint density at radius 3 is 2.73 bits per heavy atom. The van der Waals surface area contributed by atoms with Crippen LogP contribution in [0.4, 0.5) is 0 Å². The summed E-state index contributed by atoms with van der Waals surface area (Å²) in [5, 5.41) is 3.62. The summed E-state index contributed by atoms with van der Waals surface area (Å²) in [6.07, 6.45) is 4.31. The van der Waals surface area contributed by atoms with Crippen LogP contribution in [0, 0.1) is 5.92 Å². The number of nitrogens with zero attached hydrogens (tertiary/aromatic N) is 3. The molecule has 0 aromatic heterocycles. The number of ether oxygens (including phenoxy) is 1. The molecule has 124 valence electrons. The predicted molar refractivity (Wildman–Crippen MR) is 80.4 cm³/mol. The number of rotatable bonds is 7. The fourth-order valence-corrected chi connectivity index (χ4v) is 3.20. The monoisotopic (exact) mass is 331 g/mol. The van der Waals surface area contributed by atoms with Crippen molar-refractivity contribution in [2.24, 2.45) is 11.0 Å². The third-order valence-electron chi connectivity index (χ3n) is 3.47. The summed E-state index contributed by atoms with van der Waals surface area (Å²) in [5.74, 6) is -0.828. The first-order valence-electron chi connectivity index (χ1n) is 7.03. The van der Waals surface area contributed by atoms with Crippen LogP contribution in [0.3, 0.4) is 0 Å². The summed E-state index contributed by atoms with van der Waals surface area (Å²) in [6, 6.07) is -0.763. The third-order valence-corrected chi connectivity index (χ3v) is 4.04. The molecule has 0 aromatic rings. The molecule has 1 aliphatic rings. The molecule has 0 aromatic carbocycles. The van der Waals surface area contributed by atoms with Gasteiger partial charge in [-0.1, -0.05) is 31.0 Å². The number of carbonyl (C=O) groups is 1. The van der Waals surface area contributed by atoms with E-state index in [9.17, 15) is 13.2 Å². The Morgan fingerprint density at radius 2 is 2.23 bits per heavy atom. The quantitative estimate of drug-likeness (QED) is 0.233. The lowest BCUT2D eigenvalue weighted by Crippen LogP contribution is -2.40. The van der Waals surface area contributed by atoms with Crippen LogP contribution in [-0.4, -0.2) is 39.9 Å². The van der Waals surface area contributed by atoms with Crippen molar-refractivity contribution in [3.63, 3.8) is 0 Å². The number of esters is 1. The van der Waals surface area contributed by atoms with Crippen LogP contribution >= 0.6 is 0 Å².